The average Bonchev–Trinajstić information content (AvgIpc) is 2.52. The van der Waals surface area contributed by atoms with Crippen LogP contribution in [0.5, 0.6) is 0 Å². The predicted octanol–water partition coefficient (Wildman–Crippen LogP) is 5.14. The van der Waals surface area contributed by atoms with Crippen molar-refractivity contribution in [2.75, 3.05) is 0 Å². The minimum absolute atomic E-state index is 0.00373. The summed E-state index contributed by atoms with van der Waals surface area (Å²) >= 11 is 0. The number of carbonyl (C=O) groups excluding carboxylic acids is 1. The molecule has 5 unspecified atom stereocenters. The van der Waals surface area contributed by atoms with E-state index in [2.05, 4.69) is 33.8 Å². The minimum atomic E-state index is -0.886. The molecule has 4 heteroatoms. The molecule has 0 saturated heterocycles. The van der Waals surface area contributed by atoms with Gasteiger partial charge in [-0.25, -0.2) is 4.79 Å². The predicted molar refractivity (Wildman–Crippen MR) is 103 cm³/mol. The Labute approximate surface area is 157 Å². The lowest BCUT2D eigenvalue weighted by atomic mass is 9.46. The Balaban J connectivity index is 2.37. The van der Waals surface area contributed by atoms with Gasteiger partial charge >= 0.3 is 11.9 Å². The van der Waals surface area contributed by atoms with Crippen molar-refractivity contribution in [3.8, 4) is 0 Å². The van der Waals surface area contributed by atoms with Crippen molar-refractivity contribution in [3.05, 3.63) is 23.3 Å². The zero-order valence-corrected chi connectivity index (χ0v) is 17.1. The quantitative estimate of drug-likeness (QED) is 0.418. The van der Waals surface area contributed by atoms with E-state index in [4.69, 9.17) is 9.84 Å². The van der Waals surface area contributed by atoms with Crippen LogP contribution in [0.25, 0.3) is 0 Å². The molecule has 1 fully saturated rings. The second-order valence-electron chi connectivity index (χ2n) is 8.91. The van der Waals surface area contributed by atoms with Crippen LogP contribution < -0.4 is 0 Å². The van der Waals surface area contributed by atoms with Crippen LogP contribution in [0.2, 0.25) is 0 Å². The number of rotatable bonds is 5. The second kappa shape index (κ2) is 7.58. The molecule has 26 heavy (non-hydrogen) atoms. The SMILES string of the molecule is CC(=O)OC1CC2(C)C(C)=CCCC2C(C)(CCC(C)=CC(=O)O)C1C. The van der Waals surface area contributed by atoms with Gasteiger partial charge in [0.1, 0.15) is 6.10 Å². The highest BCUT2D eigenvalue weighted by Crippen LogP contribution is 2.62. The molecular formula is C22H34O4. The van der Waals surface area contributed by atoms with Gasteiger partial charge < -0.3 is 9.84 Å². The van der Waals surface area contributed by atoms with Crippen molar-refractivity contribution >= 4 is 11.9 Å². The maximum Gasteiger partial charge on any atom is 0.328 e. The van der Waals surface area contributed by atoms with E-state index < -0.39 is 5.97 Å². The van der Waals surface area contributed by atoms with Crippen molar-refractivity contribution in [2.24, 2.45) is 22.7 Å². The van der Waals surface area contributed by atoms with Crippen LogP contribution in [0.15, 0.2) is 23.3 Å². The van der Waals surface area contributed by atoms with Gasteiger partial charge in [0, 0.05) is 13.0 Å². The third kappa shape index (κ3) is 3.89. The lowest BCUT2D eigenvalue weighted by molar-refractivity contribution is -0.169. The van der Waals surface area contributed by atoms with Gasteiger partial charge in [0.05, 0.1) is 0 Å². The summed E-state index contributed by atoms with van der Waals surface area (Å²) in [4.78, 5) is 22.6. The number of hydrogen-bond acceptors (Lipinski definition) is 3. The minimum Gasteiger partial charge on any atom is -0.478 e. The molecular weight excluding hydrogens is 328 g/mol. The van der Waals surface area contributed by atoms with Gasteiger partial charge in [-0.05, 0) is 68.6 Å². The van der Waals surface area contributed by atoms with Crippen LogP contribution in [-0.4, -0.2) is 23.1 Å². The van der Waals surface area contributed by atoms with E-state index in [-0.39, 0.29) is 28.8 Å². The smallest absolute Gasteiger partial charge is 0.328 e. The summed E-state index contributed by atoms with van der Waals surface area (Å²) in [6.07, 6.45) is 8.34. The highest BCUT2D eigenvalue weighted by Gasteiger charge is 2.57. The number of carbonyl (C=O) groups is 2. The molecule has 5 atom stereocenters. The molecule has 0 bridgehead atoms. The second-order valence-corrected chi connectivity index (χ2v) is 8.91. The monoisotopic (exact) mass is 362 g/mol. The van der Waals surface area contributed by atoms with Crippen molar-refractivity contribution in [1.29, 1.82) is 0 Å². The number of carboxylic acid groups (broad SMARTS) is 1. The van der Waals surface area contributed by atoms with Crippen LogP contribution in [0.3, 0.4) is 0 Å². The first-order valence-electron chi connectivity index (χ1n) is 9.75. The Kier molecular flexibility index (Phi) is 6.04. The fourth-order valence-electron chi connectivity index (χ4n) is 5.50. The van der Waals surface area contributed by atoms with E-state index in [9.17, 15) is 9.59 Å². The number of allylic oxidation sites excluding steroid dienone is 3. The fourth-order valence-corrected chi connectivity index (χ4v) is 5.50. The lowest BCUT2D eigenvalue weighted by Crippen LogP contribution is -2.55. The Hall–Kier alpha value is -1.58. The molecule has 1 N–H and O–H groups in total. The third-order valence-electron chi connectivity index (χ3n) is 7.34. The van der Waals surface area contributed by atoms with Crippen LogP contribution >= 0.6 is 0 Å². The summed E-state index contributed by atoms with van der Waals surface area (Å²) in [5, 5.41) is 9.00. The molecule has 0 aromatic rings. The highest BCUT2D eigenvalue weighted by atomic mass is 16.5. The first-order chi connectivity index (χ1) is 12.0. The molecule has 0 spiro atoms. The Bertz CT molecular complexity index is 632. The van der Waals surface area contributed by atoms with Gasteiger partial charge in [0.25, 0.3) is 0 Å². The maximum absolute atomic E-state index is 11.7. The van der Waals surface area contributed by atoms with Crippen LogP contribution in [0, 0.1) is 22.7 Å². The van der Waals surface area contributed by atoms with E-state index in [0.717, 1.165) is 37.7 Å². The Morgan fingerprint density at radius 2 is 2.00 bits per heavy atom. The number of aliphatic carboxylic acids is 1. The molecule has 4 nitrogen and oxygen atoms in total. The Morgan fingerprint density at radius 1 is 1.35 bits per heavy atom. The van der Waals surface area contributed by atoms with Gasteiger partial charge in [0.15, 0.2) is 0 Å². The largest absolute Gasteiger partial charge is 0.478 e. The van der Waals surface area contributed by atoms with Crippen LogP contribution in [0.4, 0.5) is 0 Å². The topological polar surface area (TPSA) is 63.6 Å². The van der Waals surface area contributed by atoms with E-state index in [1.54, 1.807) is 0 Å². The van der Waals surface area contributed by atoms with Crippen molar-refractivity contribution < 1.29 is 19.4 Å². The highest BCUT2D eigenvalue weighted by molar-refractivity contribution is 5.80. The summed E-state index contributed by atoms with van der Waals surface area (Å²) in [6.45, 7) is 12.4. The van der Waals surface area contributed by atoms with Crippen molar-refractivity contribution in [3.63, 3.8) is 0 Å². The number of ether oxygens (including phenoxy) is 1. The van der Waals surface area contributed by atoms with Crippen molar-refractivity contribution in [2.45, 2.75) is 79.8 Å². The van der Waals surface area contributed by atoms with E-state index in [1.165, 1.54) is 18.6 Å². The maximum atomic E-state index is 11.7. The number of esters is 1. The molecule has 0 amide bonds. The normalized spacial score (nSPS) is 37.5. The standard InChI is InChI=1S/C22H34O4/c1-14(12-20(24)25)10-11-21(5)16(3)18(26-17(4)23)13-22(6)15(2)8-7-9-19(21)22/h8,12,16,18-19H,7,9-11,13H2,1-6H3,(H,24,25). The van der Waals surface area contributed by atoms with Gasteiger partial charge in [-0.15, -0.1) is 0 Å². The molecule has 0 aromatic heterocycles. The summed E-state index contributed by atoms with van der Waals surface area (Å²) in [7, 11) is 0. The molecule has 2 aliphatic rings. The number of carboxylic acids is 1. The summed E-state index contributed by atoms with van der Waals surface area (Å²) in [5.41, 5.74) is 2.33. The Morgan fingerprint density at radius 3 is 2.58 bits per heavy atom. The van der Waals surface area contributed by atoms with Gasteiger partial charge in [-0.2, -0.15) is 0 Å². The van der Waals surface area contributed by atoms with Crippen LogP contribution in [0.1, 0.15) is 73.6 Å². The zero-order chi connectivity index (χ0) is 19.7. The summed E-state index contributed by atoms with van der Waals surface area (Å²) in [6, 6.07) is 0. The van der Waals surface area contributed by atoms with Crippen molar-refractivity contribution in [1.82, 2.24) is 0 Å². The molecule has 2 rings (SSSR count). The molecule has 0 heterocycles. The molecule has 2 aliphatic carbocycles. The van der Waals surface area contributed by atoms with E-state index in [1.807, 2.05) is 6.92 Å². The first kappa shape index (κ1) is 20.7. The van der Waals surface area contributed by atoms with Gasteiger partial charge in [0.2, 0.25) is 0 Å². The number of hydrogen-bond donors (Lipinski definition) is 1. The van der Waals surface area contributed by atoms with Gasteiger partial charge in [-0.1, -0.05) is 38.0 Å². The summed E-state index contributed by atoms with van der Waals surface area (Å²) in [5.74, 6) is -0.346. The molecule has 0 radical (unpaired) electrons. The fraction of sp³-hybridized carbons (Fsp3) is 0.727. The molecule has 0 aliphatic heterocycles. The molecule has 0 aromatic carbocycles. The zero-order valence-electron chi connectivity index (χ0n) is 17.1. The first-order valence-corrected chi connectivity index (χ1v) is 9.75. The van der Waals surface area contributed by atoms with E-state index in [0.29, 0.717) is 5.92 Å². The van der Waals surface area contributed by atoms with Gasteiger partial charge in [-0.3, -0.25) is 4.79 Å². The summed E-state index contributed by atoms with van der Waals surface area (Å²) < 4.78 is 5.76. The molecule has 1 saturated carbocycles. The van der Waals surface area contributed by atoms with Crippen LogP contribution in [-0.2, 0) is 14.3 Å². The molecule has 146 valence electrons. The average molecular weight is 363 g/mol. The number of fused-ring (bicyclic) bond motifs is 1. The lowest BCUT2D eigenvalue weighted by Gasteiger charge is -2.60. The van der Waals surface area contributed by atoms with E-state index >= 15 is 0 Å². The third-order valence-corrected chi connectivity index (χ3v) is 7.34.